The van der Waals surface area contributed by atoms with Crippen molar-refractivity contribution in [2.75, 3.05) is 17.4 Å². The first-order valence-corrected chi connectivity index (χ1v) is 15.4. The molecule has 0 saturated carbocycles. The second-order valence-electron chi connectivity index (χ2n) is 9.40. The van der Waals surface area contributed by atoms with Crippen LogP contribution in [0.25, 0.3) is 0 Å². The van der Waals surface area contributed by atoms with Gasteiger partial charge in [0.25, 0.3) is 10.0 Å². The van der Waals surface area contributed by atoms with Crippen molar-refractivity contribution in [2.24, 2.45) is 0 Å². The van der Waals surface area contributed by atoms with E-state index in [9.17, 15) is 18.0 Å². The lowest BCUT2D eigenvalue weighted by Gasteiger charge is -2.32. The standard InChI is InChI=1S/C29H32Cl3N3O4S/c1-4-5-15-33-29(37)21(3)34(18-22-7-6-8-23(30)16-22)28(36)19-35(24-11-14-26(31)27(32)17-24)40(38,39)25-12-9-20(2)10-13-25/h6-14,16-17,21H,4-5,15,18-19H2,1-3H3,(H,33,37)/t21-/m0/s1. The van der Waals surface area contributed by atoms with E-state index in [1.54, 1.807) is 43.3 Å². The lowest BCUT2D eigenvalue weighted by Crippen LogP contribution is -2.51. The van der Waals surface area contributed by atoms with Gasteiger partial charge in [0, 0.05) is 18.1 Å². The third kappa shape index (κ3) is 8.13. The first kappa shape index (κ1) is 31.7. The second-order valence-corrected chi connectivity index (χ2v) is 12.5. The van der Waals surface area contributed by atoms with Crippen LogP contribution in [0.1, 0.15) is 37.8 Å². The van der Waals surface area contributed by atoms with Gasteiger partial charge in [0.15, 0.2) is 0 Å². The van der Waals surface area contributed by atoms with E-state index >= 15 is 0 Å². The molecule has 3 aromatic carbocycles. The zero-order chi connectivity index (χ0) is 29.4. The van der Waals surface area contributed by atoms with Crippen molar-refractivity contribution < 1.29 is 18.0 Å². The van der Waals surface area contributed by atoms with Crippen molar-refractivity contribution >= 4 is 62.3 Å². The fraction of sp³-hybridized carbons (Fsp3) is 0.310. The van der Waals surface area contributed by atoms with Gasteiger partial charge < -0.3 is 10.2 Å². The minimum Gasteiger partial charge on any atom is -0.354 e. The molecule has 3 rings (SSSR count). The fourth-order valence-electron chi connectivity index (χ4n) is 3.96. The summed E-state index contributed by atoms with van der Waals surface area (Å²) in [6.45, 7) is 5.40. The predicted octanol–water partition coefficient (Wildman–Crippen LogP) is 6.48. The van der Waals surface area contributed by atoms with Crippen LogP contribution in [0.2, 0.25) is 15.1 Å². The zero-order valence-corrected chi connectivity index (χ0v) is 25.6. The molecule has 3 aromatic rings. The van der Waals surface area contributed by atoms with E-state index in [2.05, 4.69) is 5.32 Å². The van der Waals surface area contributed by atoms with E-state index in [1.807, 2.05) is 13.8 Å². The highest BCUT2D eigenvalue weighted by Gasteiger charge is 2.32. The van der Waals surface area contributed by atoms with Crippen LogP contribution in [0.5, 0.6) is 0 Å². The van der Waals surface area contributed by atoms with E-state index in [4.69, 9.17) is 34.8 Å². The monoisotopic (exact) mass is 623 g/mol. The van der Waals surface area contributed by atoms with Crippen molar-refractivity contribution in [3.05, 3.63) is 92.9 Å². The maximum Gasteiger partial charge on any atom is 0.264 e. The summed E-state index contributed by atoms with van der Waals surface area (Å²) < 4.78 is 28.7. The van der Waals surface area contributed by atoms with Gasteiger partial charge in [0.1, 0.15) is 12.6 Å². The molecule has 0 radical (unpaired) electrons. The fourth-order valence-corrected chi connectivity index (χ4v) is 5.87. The second kappa shape index (κ2) is 14.2. The number of aryl methyl sites for hydroxylation is 1. The molecule has 2 amide bonds. The molecule has 0 aliphatic rings. The Kier molecular flexibility index (Phi) is 11.3. The van der Waals surface area contributed by atoms with E-state index in [0.717, 1.165) is 22.7 Å². The van der Waals surface area contributed by atoms with Crippen LogP contribution >= 0.6 is 34.8 Å². The minimum absolute atomic E-state index is 0.00345. The summed E-state index contributed by atoms with van der Waals surface area (Å²) in [7, 11) is -4.21. The third-order valence-corrected chi connectivity index (χ3v) is 9.08. The number of amides is 2. The summed E-state index contributed by atoms with van der Waals surface area (Å²) in [5, 5.41) is 3.70. The normalized spacial score (nSPS) is 12.1. The summed E-state index contributed by atoms with van der Waals surface area (Å²) in [6.07, 6.45) is 1.69. The Balaban J connectivity index is 2.03. The molecule has 214 valence electrons. The number of carbonyl (C=O) groups is 2. The molecule has 0 unspecified atom stereocenters. The number of halogens is 3. The number of carbonyl (C=O) groups excluding carboxylic acids is 2. The molecule has 7 nitrogen and oxygen atoms in total. The largest absolute Gasteiger partial charge is 0.354 e. The molecule has 0 aromatic heterocycles. The summed E-state index contributed by atoms with van der Waals surface area (Å²) in [4.78, 5) is 28.3. The van der Waals surface area contributed by atoms with Crippen LogP contribution in [0, 0.1) is 6.92 Å². The van der Waals surface area contributed by atoms with Gasteiger partial charge in [-0.1, -0.05) is 78.0 Å². The average molecular weight is 625 g/mol. The molecule has 0 aliphatic heterocycles. The quantitative estimate of drug-likeness (QED) is 0.234. The average Bonchev–Trinajstić information content (AvgIpc) is 2.91. The van der Waals surface area contributed by atoms with Crippen LogP contribution in [0.3, 0.4) is 0 Å². The first-order valence-electron chi connectivity index (χ1n) is 12.8. The third-order valence-electron chi connectivity index (χ3n) is 6.32. The number of nitrogens with one attached hydrogen (secondary N) is 1. The van der Waals surface area contributed by atoms with Crippen LogP contribution in [-0.4, -0.2) is 44.3 Å². The SMILES string of the molecule is CCCCNC(=O)[C@H](C)N(Cc1cccc(Cl)c1)C(=O)CN(c1ccc(Cl)c(Cl)c1)S(=O)(=O)c1ccc(C)cc1. The van der Waals surface area contributed by atoms with Crippen molar-refractivity contribution in [3.63, 3.8) is 0 Å². The molecule has 0 spiro atoms. The van der Waals surface area contributed by atoms with Gasteiger partial charge in [-0.25, -0.2) is 8.42 Å². The van der Waals surface area contributed by atoms with Crippen molar-refractivity contribution in [2.45, 2.75) is 51.1 Å². The molecule has 40 heavy (non-hydrogen) atoms. The number of rotatable bonds is 12. The summed E-state index contributed by atoms with van der Waals surface area (Å²) in [5.74, 6) is -0.925. The maximum absolute atomic E-state index is 13.9. The number of hydrogen-bond acceptors (Lipinski definition) is 4. The van der Waals surface area contributed by atoms with Gasteiger partial charge in [-0.2, -0.15) is 0 Å². The van der Waals surface area contributed by atoms with Crippen LogP contribution in [0.15, 0.2) is 71.6 Å². The number of anilines is 1. The zero-order valence-electron chi connectivity index (χ0n) is 22.5. The summed E-state index contributed by atoms with van der Waals surface area (Å²) in [6, 6.07) is 16.7. The molecular weight excluding hydrogens is 593 g/mol. The van der Waals surface area contributed by atoms with E-state index in [1.165, 1.54) is 35.2 Å². The van der Waals surface area contributed by atoms with E-state index in [-0.39, 0.29) is 33.1 Å². The van der Waals surface area contributed by atoms with Crippen molar-refractivity contribution in [1.82, 2.24) is 10.2 Å². The number of sulfonamides is 1. The molecule has 0 fully saturated rings. The lowest BCUT2D eigenvalue weighted by molar-refractivity contribution is -0.139. The summed E-state index contributed by atoms with van der Waals surface area (Å²) in [5.41, 5.74) is 1.73. The number of benzene rings is 3. The Morgan fingerprint density at radius 3 is 2.27 bits per heavy atom. The Bertz CT molecular complexity index is 1450. The van der Waals surface area contributed by atoms with Crippen molar-refractivity contribution in [1.29, 1.82) is 0 Å². The number of unbranched alkanes of at least 4 members (excludes halogenated alkanes) is 1. The van der Waals surface area contributed by atoms with E-state index in [0.29, 0.717) is 17.1 Å². The Morgan fingerprint density at radius 1 is 0.950 bits per heavy atom. The van der Waals surface area contributed by atoms with Gasteiger partial charge in [-0.3, -0.25) is 13.9 Å². The molecule has 1 N–H and O–H groups in total. The Labute approximate surface area is 251 Å². The summed E-state index contributed by atoms with van der Waals surface area (Å²) >= 11 is 18.5. The van der Waals surface area contributed by atoms with E-state index < -0.39 is 28.5 Å². The van der Waals surface area contributed by atoms with Crippen LogP contribution in [-0.2, 0) is 26.2 Å². The molecule has 0 aliphatic carbocycles. The molecule has 1 atom stereocenters. The highest BCUT2D eigenvalue weighted by molar-refractivity contribution is 7.92. The molecule has 0 bridgehead atoms. The number of nitrogens with zero attached hydrogens (tertiary/aromatic N) is 2. The van der Waals surface area contributed by atoms with Gasteiger partial charge in [-0.05, 0) is 68.3 Å². The molecule has 0 saturated heterocycles. The lowest BCUT2D eigenvalue weighted by atomic mass is 10.1. The topological polar surface area (TPSA) is 86.8 Å². The molecule has 11 heteroatoms. The maximum atomic E-state index is 13.9. The first-order chi connectivity index (χ1) is 18.9. The highest BCUT2D eigenvalue weighted by Crippen LogP contribution is 2.31. The van der Waals surface area contributed by atoms with Gasteiger partial charge >= 0.3 is 0 Å². The highest BCUT2D eigenvalue weighted by atomic mass is 35.5. The molecular formula is C29H32Cl3N3O4S. The van der Waals surface area contributed by atoms with Crippen LogP contribution in [0.4, 0.5) is 5.69 Å². The molecule has 0 heterocycles. The smallest absolute Gasteiger partial charge is 0.264 e. The minimum atomic E-state index is -4.21. The van der Waals surface area contributed by atoms with Gasteiger partial charge in [0.05, 0.1) is 20.6 Å². The van der Waals surface area contributed by atoms with Gasteiger partial charge in [0.2, 0.25) is 11.8 Å². The Morgan fingerprint density at radius 2 is 1.65 bits per heavy atom. The predicted molar refractivity (Wildman–Crippen MR) is 162 cm³/mol. The number of hydrogen-bond donors (Lipinski definition) is 1. The van der Waals surface area contributed by atoms with Gasteiger partial charge in [-0.15, -0.1) is 0 Å². The Hall–Kier alpha value is -2.78. The van der Waals surface area contributed by atoms with Crippen LogP contribution < -0.4 is 9.62 Å². The van der Waals surface area contributed by atoms with Crippen molar-refractivity contribution in [3.8, 4) is 0 Å².